The first-order chi connectivity index (χ1) is 8.31. The number of thioether (sulfide) groups is 1. The Balaban J connectivity index is 1.90. The Morgan fingerprint density at radius 1 is 1.47 bits per heavy atom. The molecule has 1 heterocycles. The predicted molar refractivity (Wildman–Crippen MR) is 72.9 cm³/mol. The highest BCUT2D eigenvalue weighted by Gasteiger charge is 2.37. The van der Waals surface area contributed by atoms with Gasteiger partial charge in [0.15, 0.2) is 0 Å². The summed E-state index contributed by atoms with van der Waals surface area (Å²) in [6, 6.07) is 7.72. The van der Waals surface area contributed by atoms with E-state index in [9.17, 15) is 0 Å². The highest BCUT2D eigenvalue weighted by Crippen LogP contribution is 2.43. The fourth-order valence-electron chi connectivity index (χ4n) is 2.84. The van der Waals surface area contributed by atoms with Crippen molar-refractivity contribution in [3.8, 4) is 5.75 Å². The Morgan fingerprint density at radius 3 is 3.12 bits per heavy atom. The Kier molecular flexibility index (Phi) is 3.05. The Labute approximate surface area is 107 Å². The molecular formula is C14H19NOS. The molecule has 3 atom stereocenters. The highest BCUT2D eigenvalue weighted by molar-refractivity contribution is 8.00. The van der Waals surface area contributed by atoms with Crippen LogP contribution in [-0.2, 0) is 6.42 Å². The minimum absolute atomic E-state index is 0.531. The van der Waals surface area contributed by atoms with E-state index in [4.69, 9.17) is 4.74 Å². The Hall–Kier alpha value is -0.670. The van der Waals surface area contributed by atoms with Gasteiger partial charge in [0.25, 0.3) is 0 Å². The summed E-state index contributed by atoms with van der Waals surface area (Å²) in [4.78, 5) is 0. The molecule has 0 spiro atoms. The van der Waals surface area contributed by atoms with Gasteiger partial charge in [-0.2, -0.15) is 11.8 Å². The van der Waals surface area contributed by atoms with E-state index in [-0.39, 0.29) is 0 Å². The topological polar surface area (TPSA) is 21.3 Å². The SMILES string of the molecule is CCC1CSC2Cc3ccc(OC)cc3C2N1. The summed E-state index contributed by atoms with van der Waals surface area (Å²) in [5, 5.41) is 4.52. The minimum atomic E-state index is 0.531. The van der Waals surface area contributed by atoms with Crippen LogP contribution in [0.4, 0.5) is 0 Å². The van der Waals surface area contributed by atoms with Crippen molar-refractivity contribution in [2.45, 2.75) is 37.1 Å². The number of ether oxygens (including phenoxy) is 1. The van der Waals surface area contributed by atoms with Crippen LogP contribution in [0.25, 0.3) is 0 Å². The second-order valence-electron chi connectivity index (χ2n) is 4.89. The van der Waals surface area contributed by atoms with Crippen LogP contribution < -0.4 is 10.1 Å². The van der Waals surface area contributed by atoms with Crippen molar-refractivity contribution in [2.75, 3.05) is 12.9 Å². The summed E-state index contributed by atoms with van der Waals surface area (Å²) >= 11 is 2.13. The maximum atomic E-state index is 5.34. The molecule has 1 aliphatic heterocycles. The van der Waals surface area contributed by atoms with E-state index in [1.54, 1.807) is 7.11 Å². The van der Waals surface area contributed by atoms with Gasteiger partial charge < -0.3 is 10.1 Å². The first-order valence-corrected chi connectivity index (χ1v) is 7.41. The molecule has 3 heteroatoms. The smallest absolute Gasteiger partial charge is 0.119 e. The number of rotatable bonds is 2. The second-order valence-corrected chi connectivity index (χ2v) is 6.16. The molecule has 3 unspecified atom stereocenters. The van der Waals surface area contributed by atoms with Gasteiger partial charge in [-0.05, 0) is 36.1 Å². The molecule has 1 N–H and O–H groups in total. The van der Waals surface area contributed by atoms with Crippen molar-refractivity contribution in [3.05, 3.63) is 29.3 Å². The van der Waals surface area contributed by atoms with E-state index in [1.807, 2.05) is 0 Å². The molecule has 0 bridgehead atoms. The number of hydrogen-bond acceptors (Lipinski definition) is 3. The third-order valence-corrected chi connectivity index (χ3v) is 5.36. The van der Waals surface area contributed by atoms with Crippen LogP contribution in [0.1, 0.15) is 30.5 Å². The van der Waals surface area contributed by atoms with Crippen molar-refractivity contribution in [2.24, 2.45) is 0 Å². The molecule has 1 aliphatic carbocycles. The lowest BCUT2D eigenvalue weighted by Crippen LogP contribution is -2.42. The van der Waals surface area contributed by atoms with Gasteiger partial charge in [-0.15, -0.1) is 0 Å². The van der Waals surface area contributed by atoms with E-state index in [0.717, 1.165) is 11.0 Å². The van der Waals surface area contributed by atoms with Crippen molar-refractivity contribution in [1.82, 2.24) is 5.32 Å². The standard InChI is InChI=1S/C14H19NOS/c1-3-10-8-17-13-6-9-4-5-11(16-2)7-12(9)14(13)15-10/h4-5,7,10,13-15H,3,6,8H2,1-2H3. The zero-order valence-electron chi connectivity index (χ0n) is 10.4. The van der Waals surface area contributed by atoms with Crippen molar-refractivity contribution < 1.29 is 4.74 Å². The third kappa shape index (κ3) is 1.95. The molecule has 17 heavy (non-hydrogen) atoms. The highest BCUT2D eigenvalue weighted by atomic mass is 32.2. The van der Waals surface area contributed by atoms with Crippen LogP contribution in [0, 0.1) is 0 Å². The lowest BCUT2D eigenvalue weighted by atomic mass is 10.1. The van der Waals surface area contributed by atoms with Gasteiger partial charge in [0.1, 0.15) is 5.75 Å². The van der Waals surface area contributed by atoms with Gasteiger partial charge in [0.05, 0.1) is 7.11 Å². The largest absolute Gasteiger partial charge is 0.497 e. The minimum Gasteiger partial charge on any atom is -0.497 e. The quantitative estimate of drug-likeness (QED) is 0.871. The molecule has 1 aromatic carbocycles. The average Bonchev–Trinajstić information content (AvgIpc) is 2.75. The van der Waals surface area contributed by atoms with Crippen LogP contribution in [0.5, 0.6) is 5.75 Å². The number of hydrogen-bond donors (Lipinski definition) is 1. The second kappa shape index (κ2) is 4.54. The predicted octanol–water partition coefficient (Wildman–Crippen LogP) is 2.78. The monoisotopic (exact) mass is 249 g/mol. The van der Waals surface area contributed by atoms with Crippen LogP contribution in [0.15, 0.2) is 18.2 Å². The maximum absolute atomic E-state index is 5.34. The lowest BCUT2D eigenvalue weighted by Gasteiger charge is -2.33. The molecule has 0 amide bonds. The number of benzene rings is 1. The van der Waals surface area contributed by atoms with E-state index in [2.05, 4.69) is 42.2 Å². The molecule has 2 nitrogen and oxygen atoms in total. The summed E-state index contributed by atoms with van der Waals surface area (Å²) in [5.74, 6) is 2.23. The van der Waals surface area contributed by atoms with Crippen LogP contribution in [-0.4, -0.2) is 24.2 Å². The third-order valence-electron chi connectivity index (χ3n) is 3.90. The number of fused-ring (bicyclic) bond motifs is 3. The first-order valence-electron chi connectivity index (χ1n) is 6.36. The molecule has 0 saturated carbocycles. The average molecular weight is 249 g/mol. The Morgan fingerprint density at radius 2 is 2.35 bits per heavy atom. The van der Waals surface area contributed by atoms with Gasteiger partial charge in [-0.25, -0.2) is 0 Å². The molecular weight excluding hydrogens is 230 g/mol. The fraction of sp³-hybridized carbons (Fsp3) is 0.571. The zero-order valence-corrected chi connectivity index (χ0v) is 11.2. The first kappa shape index (κ1) is 11.4. The molecule has 1 aromatic rings. The van der Waals surface area contributed by atoms with Crippen molar-refractivity contribution >= 4 is 11.8 Å². The van der Waals surface area contributed by atoms with E-state index >= 15 is 0 Å². The van der Waals surface area contributed by atoms with Gasteiger partial charge in [0, 0.05) is 23.1 Å². The molecule has 3 rings (SSSR count). The lowest BCUT2D eigenvalue weighted by molar-refractivity contribution is 0.410. The summed E-state index contributed by atoms with van der Waals surface area (Å²) in [6.07, 6.45) is 2.42. The van der Waals surface area contributed by atoms with E-state index in [1.165, 1.54) is 29.7 Å². The molecule has 0 aromatic heterocycles. The summed E-state index contributed by atoms with van der Waals surface area (Å²) in [6.45, 7) is 2.26. The summed E-state index contributed by atoms with van der Waals surface area (Å²) in [7, 11) is 1.74. The number of methoxy groups -OCH3 is 1. The number of nitrogens with one attached hydrogen (secondary N) is 1. The van der Waals surface area contributed by atoms with Crippen molar-refractivity contribution in [1.29, 1.82) is 0 Å². The molecule has 1 fully saturated rings. The zero-order chi connectivity index (χ0) is 11.8. The van der Waals surface area contributed by atoms with Crippen molar-refractivity contribution in [3.63, 3.8) is 0 Å². The molecule has 92 valence electrons. The molecule has 2 aliphatic rings. The Bertz CT molecular complexity index is 421. The normalized spacial score (nSPS) is 30.8. The molecule has 1 saturated heterocycles. The van der Waals surface area contributed by atoms with Crippen LogP contribution in [0.3, 0.4) is 0 Å². The van der Waals surface area contributed by atoms with Gasteiger partial charge in [-0.1, -0.05) is 13.0 Å². The van der Waals surface area contributed by atoms with Gasteiger partial charge in [0.2, 0.25) is 0 Å². The van der Waals surface area contributed by atoms with E-state index in [0.29, 0.717) is 12.1 Å². The van der Waals surface area contributed by atoms with Gasteiger partial charge >= 0.3 is 0 Å². The maximum Gasteiger partial charge on any atom is 0.119 e. The van der Waals surface area contributed by atoms with Crippen LogP contribution >= 0.6 is 11.8 Å². The van der Waals surface area contributed by atoms with Gasteiger partial charge in [-0.3, -0.25) is 0 Å². The molecule has 0 radical (unpaired) electrons. The fourth-order valence-corrected chi connectivity index (χ4v) is 4.37. The summed E-state index contributed by atoms with van der Waals surface area (Å²) in [5.41, 5.74) is 2.96. The van der Waals surface area contributed by atoms with E-state index < -0.39 is 0 Å². The van der Waals surface area contributed by atoms with Crippen LogP contribution in [0.2, 0.25) is 0 Å². The summed E-state index contributed by atoms with van der Waals surface area (Å²) < 4.78 is 5.34.